The lowest BCUT2D eigenvalue weighted by Gasteiger charge is -2.27. The lowest BCUT2D eigenvalue weighted by Crippen LogP contribution is -2.32. The normalized spacial score (nSPS) is 14.7. The minimum absolute atomic E-state index is 0.230. The molecule has 0 bridgehead atoms. The second-order valence-corrected chi connectivity index (χ2v) is 8.34. The van der Waals surface area contributed by atoms with Gasteiger partial charge in [0.15, 0.2) is 6.10 Å². The Labute approximate surface area is 190 Å². The van der Waals surface area contributed by atoms with E-state index in [0.717, 1.165) is 29.7 Å². The number of ether oxygens (including phenoxy) is 1. The Kier molecular flexibility index (Phi) is 6.14. The van der Waals surface area contributed by atoms with E-state index in [1.54, 1.807) is 18.2 Å². The third-order valence-electron chi connectivity index (χ3n) is 5.30. The Morgan fingerprint density at radius 1 is 1.16 bits per heavy atom. The largest absolute Gasteiger partial charge is 0.449 e. The average Bonchev–Trinajstić information content (AvgIpc) is 2.75. The van der Waals surface area contributed by atoms with Gasteiger partial charge in [-0.25, -0.2) is 4.79 Å². The smallest absolute Gasteiger partial charge is 0.339 e. The van der Waals surface area contributed by atoms with Gasteiger partial charge in [0, 0.05) is 36.2 Å². The molecule has 1 aliphatic heterocycles. The topological polar surface area (TPSA) is 71.5 Å². The predicted molar refractivity (Wildman–Crippen MR) is 122 cm³/mol. The van der Waals surface area contributed by atoms with Crippen LogP contribution in [-0.2, 0) is 22.5 Å². The number of nitrogens with one attached hydrogen (secondary N) is 1. The van der Waals surface area contributed by atoms with Crippen LogP contribution in [0.4, 0.5) is 5.69 Å². The maximum absolute atomic E-state index is 13.2. The molecule has 1 unspecified atom stereocenters. The number of aromatic nitrogens is 1. The van der Waals surface area contributed by atoms with Crippen molar-refractivity contribution < 1.29 is 14.3 Å². The van der Waals surface area contributed by atoms with E-state index < -0.39 is 18.0 Å². The van der Waals surface area contributed by atoms with Crippen LogP contribution in [0.15, 0.2) is 42.5 Å². The zero-order chi connectivity index (χ0) is 22.1. The number of para-hydroxylation sites is 1. The second-order valence-electron chi connectivity index (χ2n) is 7.56. The van der Waals surface area contributed by atoms with Crippen LogP contribution < -0.4 is 5.32 Å². The number of halogens is 2. The number of esters is 1. The van der Waals surface area contributed by atoms with E-state index in [9.17, 15) is 9.59 Å². The molecule has 1 aliphatic rings. The van der Waals surface area contributed by atoms with Gasteiger partial charge in [0.1, 0.15) is 0 Å². The molecule has 0 radical (unpaired) electrons. The van der Waals surface area contributed by atoms with Crippen molar-refractivity contribution in [3.63, 3.8) is 0 Å². The SMILES string of the molecule is CC(OC(=O)c1c2c(nc3ccccc13)CCN(C)C2)C(=O)Nc1cccc(Cl)c1Cl. The van der Waals surface area contributed by atoms with Gasteiger partial charge in [-0.05, 0) is 32.2 Å². The van der Waals surface area contributed by atoms with Crippen LogP contribution in [0.5, 0.6) is 0 Å². The van der Waals surface area contributed by atoms with E-state index in [1.165, 1.54) is 6.92 Å². The van der Waals surface area contributed by atoms with Crippen LogP contribution in [0, 0.1) is 0 Å². The first-order valence-electron chi connectivity index (χ1n) is 9.90. The quantitative estimate of drug-likeness (QED) is 0.574. The molecular weight excluding hydrogens is 437 g/mol. The van der Waals surface area contributed by atoms with Crippen molar-refractivity contribution in [3.8, 4) is 0 Å². The summed E-state index contributed by atoms with van der Waals surface area (Å²) in [6, 6.07) is 12.4. The average molecular weight is 458 g/mol. The minimum atomic E-state index is -1.04. The Hall–Kier alpha value is -2.67. The van der Waals surface area contributed by atoms with Crippen molar-refractivity contribution in [1.29, 1.82) is 0 Å². The van der Waals surface area contributed by atoms with Gasteiger partial charge in [0.05, 0.1) is 26.8 Å². The molecule has 8 heteroatoms. The highest BCUT2D eigenvalue weighted by atomic mass is 35.5. The summed E-state index contributed by atoms with van der Waals surface area (Å²) in [5.41, 5.74) is 3.30. The van der Waals surface area contributed by atoms with Crippen molar-refractivity contribution in [3.05, 3.63) is 69.3 Å². The molecule has 1 aromatic heterocycles. The van der Waals surface area contributed by atoms with Crippen molar-refractivity contribution in [2.75, 3.05) is 18.9 Å². The molecule has 3 aromatic rings. The van der Waals surface area contributed by atoms with Crippen molar-refractivity contribution in [2.45, 2.75) is 26.0 Å². The third-order valence-corrected chi connectivity index (χ3v) is 6.12. The Morgan fingerprint density at radius 2 is 1.94 bits per heavy atom. The fraction of sp³-hybridized carbons (Fsp3) is 0.261. The molecule has 0 spiro atoms. The van der Waals surface area contributed by atoms with Crippen LogP contribution in [0.1, 0.15) is 28.5 Å². The third kappa shape index (κ3) is 4.37. The van der Waals surface area contributed by atoms with E-state index in [-0.39, 0.29) is 5.02 Å². The summed E-state index contributed by atoms with van der Waals surface area (Å²) >= 11 is 12.1. The molecule has 4 rings (SSSR count). The highest BCUT2D eigenvalue weighted by Gasteiger charge is 2.28. The zero-order valence-electron chi connectivity index (χ0n) is 17.1. The molecule has 160 valence electrons. The molecule has 0 saturated carbocycles. The highest BCUT2D eigenvalue weighted by Crippen LogP contribution is 2.31. The molecule has 0 fully saturated rings. The number of benzene rings is 2. The molecule has 2 aromatic carbocycles. The van der Waals surface area contributed by atoms with Gasteiger partial charge in [-0.2, -0.15) is 0 Å². The summed E-state index contributed by atoms with van der Waals surface area (Å²) < 4.78 is 5.58. The number of anilines is 1. The number of hydrogen-bond acceptors (Lipinski definition) is 5. The molecule has 1 atom stereocenters. The lowest BCUT2D eigenvalue weighted by atomic mass is 9.96. The van der Waals surface area contributed by atoms with Crippen LogP contribution >= 0.6 is 23.2 Å². The van der Waals surface area contributed by atoms with E-state index in [4.69, 9.17) is 32.9 Å². The minimum Gasteiger partial charge on any atom is -0.449 e. The van der Waals surface area contributed by atoms with Gasteiger partial charge in [0.2, 0.25) is 0 Å². The highest BCUT2D eigenvalue weighted by molar-refractivity contribution is 6.44. The molecule has 0 saturated heterocycles. The standard InChI is InChI=1S/C23H21Cl2N3O3/c1-13(22(29)27-19-9-5-7-16(24)21(19)25)31-23(30)20-14-6-3-4-8-17(14)26-18-10-11-28(2)12-15(18)20/h3-9,13H,10-12H2,1-2H3,(H,27,29). The first-order chi connectivity index (χ1) is 14.8. The van der Waals surface area contributed by atoms with Gasteiger partial charge in [-0.15, -0.1) is 0 Å². The Bertz CT molecular complexity index is 1180. The number of amides is 1. The first-order valence-corrected chi connectivity index (χ1v) is 10.7. The summed E-state index contributed by atoms with van der Waals surface area (Å²) in [5, 5.41) is 3.93. The van der Waals surface area contributed by atoms with E-state index in [2.05, 4.69) is 10.2 Å². The summed E-state index contributed by atoms with van der Waals surface area (Å²) in [7, 11) is 2.00. The van der Waals surface area contributed by atoms with Crippen molar-refractivity contribution in [2.24, 2.45) is 0 Å². The molecule has 31 heavy (non-hydrogen) atoms. The van der Waals surface area contributed by atoms with Crippen LogP contribution in [0.25, 0.3) is 10.9 Å². The number of carbonyl (C=O) groups excluding carboxylic acids is 2. The van der Waals surface area contributed by atoms with E-state index in [1.807, 2.05) is 31.3 Å². The Balaban J connectivity index is 1.61. The van der Waals surface area contributed by atoms with Gasteiger partial charge in [-0.3, -0.25) is 9.78 Å². The van der Waals surface area contributed by atoms with Crippen molar-refractivity contribution >= 4 is 51.7 Å². The summed E-state index contributed by atoms with van der Waals surface area (Å²) in [6.45, 7) is 2.98. The number of likely N-dealkylation sites (N-methyl/N-ethyl adjacent to an activating group) is 1. The molecular formula is C23H21Cl2N3O3. The molecule has 1 amide bonds. The van der Waals surface area contributed by atoms with Crippen LogP contribution in [-0.4, -0.2) is 41.5 Å². The Morgan fingerprint density at radius 3 is 2.74 bits per heavy atom. The number of hydrogen-bond donors (Lipinski definition) is 1. The molecule has 1 N–H and O–H groups in total. The zero-order valence-corrected chi connectivity index (χ0v) is 18.6. The van der Waals surface area contributed by atoms with Gasteiger partial charge in [-0.1, -0.05) is 47.5 Å². The van der Waals surface area contributed by atoms with Gasteiger partial charge in [0.25, 0.3) is 5.91 Å². The van der Waals surface area contributed by atoms with Crippen LogP contribution in [0.2, 0.25) is 10.0 Å². The van der Waals surface area contributed by atoms with Gasteiger partial charge < -0.3 is 15.0 Å². The number of carbonyl (C=O) groups is 2. The number of fused-ring (bicyclic) bond motifs is 2. The summed E-state index contributed by atoms with van der Waals surface area (Å²) in [4.78, 5) is 32.7. The predicted octanol–water partition coefficient (Wildman–Crippen LogP) is 4.71. The number of rotatable bonds is 4. The maximum Gasteiger partial charge on any atom is 0.339 e. The molecule has 6 nitrogen and oxygen atoms in total. The molecule has 0 aliphatic carbocycles. The first kappa shape index (κ1) is 21.6. The fourth-order valence-electron chi connectivity index (χ4n) is 3.67. The monoisotopic (exact) mass is 457 g/mol. The van der Waals surface area contributed by atoms with E-state index >= 15 is 0 Å². The van der Waals surface area contributed by atoms with Crippen molar-refractivity contribution in [1.82, 2.24) is 9.88 Å². The maximum atomic E-state index is 13.2. The van der Waals surface area contributed by atoms with E-state index in [0.29, 0.717) is 28.2 Å². The summed E-state index contributed by atoms with van der Waals surface area (Å²) in [6.07, 6.45) is -0.285. The number of pyridine rings is 1. The number of nitrogens with zero attached hydrogens (tertiary/aromatic N) is 2. The van der Waals surface area contributed by atoms with Gasteiger partial charge >= 0.3 is 5.97 Å². The summed E-state index contributed by atoms with van der Waals surface area (Å²) in [5.74, 6) is -1.05. The second kappa shape index (κ2) is 8.83. The van der Waals surface area contributed by atoms with Crippen LogP contribution in [0.3, 0.4) is 0 Å². The molecule has 2 heterocycles. The lowest BCUT2D eigenvalue weighted by molar-refractivity contribution is -0.123. The fourth-order valence-corrected chi connectivity index (χ4v) is 4.01.